The maximum Gasteiger partial charge on any atom is 0.416 e. The number of aromatic nitrogens is 3. The summed E-state index contributed by atoms with van der Waals surface area (Å²) in [5, 5.41) is 6.76. The zero-order chi connectivity index (χ0) is 13.9. The van der Waals surface area contributed by atoms with Crippen LogP contribution in [0.3, 0.4) is 0 Å². The van der Waals surface area contributed by atoms with Crippen LogP contribution in [0.4, 0.5) is 24.8 Å². The number of hydrogen-bond acceptors (Lipinski definition) is 4. The maximum atomic E-state index is 12.6. The summed E-state index contributed by atoms with van der Waals surface area (Å²) in [6.45, 7) is 0.917. The van der Waals surface area contributed by atoms with Crippen molar-refractivity contribution in [2.24, 2.45) is 0 Å². The van der Waals surface area contributed by atoms with Crippen molar-refractivity contribution in [3.8, 4) is 0 Å². The van der Waals surface area contributed by atoms with Crippen LogP contribution >= 0.6 is 0 Å². The Kier molecular flexibility index (Phi) is 3.59. The molecule has 0 aliphatic rings. The molecule has 102 valence electrons. The number of anilines is 2. The average molecular weight is 271 g/mol. The summed E-state index contributed by atoms with van der Waals surface area (Å²) in [7, 11) is 0. The smallest absolute Gasteiger partial charge is 0.384 e. The number of hydrogen-bond donors (Lipinski definition) is 2. The Morgan fingerprint density at radius 2 is 2.11 bits per heavy atom. The number of alkyl halides is 3. The van der Waals surface area contributed by atoms with Crippen molar-refractivity contribution in [3.63, 3.8) is 0 Å². The first-order valence-corrected chi connectivity index (χ1v) is 5.51. The average Bonchev–Trinajstić information content (AvgIpc) is 2.80. The Labute approximate surface area is 107 Å². The number of nitrogens with zero attached hydrogens (tertiary/aromatic N) is 3. The first-order chi connectivity index (χ1) is 8.95. The third kappa shape index (κ3) is 3.60. The van der Waals surface area contributed by atoms with Crippen molar-refractivity contribution in [2.45, 2.75) is 12.7 Å². The largest absolute Gasteiger partial charge is 0.416 e. The molecule has 2 aromatic rings. The van der Waals surface area contributed by atoms with Crippen molar-refractivity contribution >= 4 is 11.6 Å². The highest BCUT2D eigenvalue weighted by Gasteiger charge is 2.31. The SMILES string of the molecule is Nc1cc(C(F)(F)F)cc(NCCn2cccn2)n1. The van der Waals surface area contributed by atoms with Gasteiger partial charge in [0.25, 0.3) is 0 Å². The molecule has 0 amide bonds. The fourth-order valence-corrected chi connectivity index (χ4v) is 1.54. The van der Waals surface area contributed by atoms with E-state index in [0.717, 1.165) is 12.1 Å². The number of pyridine rings is 1. The molecule has 8 heteroatoms. The van der Waals surface area contributed by atoms with Crippen LogP contribution in [-0.2, 0) is 12.7 Å². The normalized spacial score (nSPS) is 11.5. The molecule has 0 atom stereocenters. The summed E-state index contributed by atoms with van der Waals surface area (Å²) in [4.78, 5) is 3.80. The van der Waals surface area contributed by atoms with Crippen LogP contribution in [0.1, 0.15) is 5.56 Å². The van der Waals surface area contributed by atoms with E-state index in [9.17, 15) is 13.2 Å². The number of halogens is 3. The van der Waals surface area contributed by atoms with Crippen LogP contribution < -0.4 is 11.1 Å². The Balaban J connectivity index is 2.02. The Bertz CT molecular complexity index is 536. The molecule has 3 N–H and O–H groups in total. The van der Waals surface area contributed by atoms with Gasteiger partial charge in [0.15, 0.2) is 0 Å². The van der Waals surface area contributed by atoms with Gasteiger partial charge in [-0.15, -0.1) is 0 Å². The second-order valence-electron chi connectivity index (χ2n) is 3.86. The second kappa shape index (κ2) is 5.17. The lowest BCUT2D eigenvalue weighted by Crippen LogP contribution is -2.14. The Hall–Kier alpha value is -2.25. The first kappa shape index (κ1) is 13.2. The van der Waals surface area contributed by atoms with Gasteiger partial charge in [-0.25, -0.2) is 4.98 Å². The van der Waals surface area contributed by atoms with Gasteiger partial charge in [-0.1, -0.05) is 0 Å². The minimum Gasteiger partial charge on any atom is -0.384 e. The van der Waals surface area contributed by atoms with Gasteiger partial charge >= 0.3 is 6.18 Å². The van der Waals surface area contributed by atoms with E-state index in [2.05, 4.69) is 15.4 Å². The van der Waals surface area contributed by atoms with E-state index in [4.69, 9.17) is 5.73 Å². The number of nitrogens with one attached hydrogen (secondary N) is 1. The third-order valence-electron chi connectivity index (χ3n) is 2.38. The second-order valence-corrected chi connectivity index (χ2v) is 3.86. The van der Waals surface area contributed by atoms with Crippen molar-refractivity contribution in [1.29, 1.82) is 0 Å². The van der Waals surface area contributed by atoms with E-state index in [1.54, 1.807) is 23.1 Å². The molecule has 2 heterocycles. The van der Waals surface area contributed by atoms with Crippen LogP contribution in [0.2, 0.25) is 0 Å². The monoisotopic (exact) mass is 271 g/mol. The van der Waals surface area contributed by atoms with E-state index in [-0.39, 0.29) is 11.6 Å². The fourth-order valence-electron chi connectivity index (χ4n) is 1.54. The zero-order valence-corrected chi connectivity index (χ0v) is 9.85. The number of nitrogen functional groups attached to an aromatic ring is 1. The number of nitrogens with two attached hydrogens (primary N) is 1. The molecule has 2 rings (SSSR count). The van der Waals surface area contributed by atoms with E-state index in [1.165, 1.54) is 0 Å². The van der Waals surface area contributed by atoms with Crippen molar-refractivity contribution in [1.82, 2.24) is 14.8 Å². The van der Waals surface area contributed by atoms with Crippen LogP contribution in [0.25, 0.3) is 0 Å². The van der Waals surface area contributed by atoms with Crippen LogP contribution in [0, 0.1) is 0 Å². The molecule has 0 aliphatic heterocycles. The van der Waals surface area contributed by atoms with E-state index >= 15 is 0 Å². The number of rotatable bonds is 4. The van der Waals surface area contributed by atoms with Crippen LogP contribution in [-0.4, -0.2) is 21.3 Å². The van der Waals surface area contributed by atoms with Gasteiger partial charge in [-0.3, -0.25) is 4.68 Å². The topological polar surface area (TPSA) is 68.8 Å². The van der Waals surface area contributed by atoms with Crippen LogP contribution in [0.15, 0.2) is 30.6 Å². The standard InChI is InChI=1S/C11H12F3N5/c12-11(13,14)8-6-9(15)18-10(7-8)16-3-5-19-4-1-2-17-19/h1-2,4,6-7H,3,5H2,(H3,15,16,18). The molecule has 0 bridgehead atoms. The van der Waals surface area contributed by atoms with Crippen molar-refractivity contribution in [2.75, 3.05) is 17.6 Å². The van der Waals surface area contributed by atoms with Gasteiger partial charge in [-0.05, 0) is 18.2 Å². The Morgan fingerprint density at radius 3 is 2.74 bits per heavy atom. The van der Waals surface area contributed by atoms with Crippen molar-refractivity contribution in [3.05, 3.63) is 36.2 Å². The molecule has 0 aliphatic carbocycles. The highest BCUT2D eigenvalue weighted by molar-refractivity contribution is 5.47. The molecule has 5 nitrogen and oxygen atoms in total. The van der Waals surface area contributed by atoms with Gasteiger partial charge < -0.3 is 11.1 Å². The van der Waals surface area contributed by atoms with Gasteiger partial charge in [0.2, 0.25) is 0 Å². The fraction of sp³-hybridized carbons (Fsp3) is 0.273. The quantitative estimate of drug-likeness (QED) is 0.892. The molecule has 0 spiro atoms. The lowest BCUT2D eigenvalue weighted by Gasteiger charge is -2.11. The molecule has 0 saturated carbocycles. The minimum atomic E-state index is -4.44. The molecule has 19 heavy (non-hydrogen) atoms. The molecule has 0 saturated heterocycles. The summed E-state index contributed by atoms with van der Waals surface area (Å²) in [6, 6.07) is 3.50. The van der Waals surface area contributed by atoms with Gasteiger partial charge in [0, 0.05) is 18.9 Å². The third-order valence-corrected chi connectivity index (χ3v) is 2.38. The minimum absolute atomic E-state index is 0.0967. The summed E-state index contributed by atoms with van der Waals surface area (Å²) in [6.07, 6.45) is -1.05. The van der Waals surface area contributed by atoms with E-state index in [1.807, 2.05) is 0 Å². The zero-order valence-electron chi connectivity index (χ0n) is 9.85. The molecule has 0 aromatic carbocycles. The predicted octanol–water partition coefficient (Wildman–Crippen LogP) is 1.99. The molecule has 2 aromatic heterocycles. The molecule has 0 fully saturated rings. The summed E-state index contributed by atoms with van der Waals surface area (Å²) in [5.74, 6) is -0.0732. The maximum absolute atomic E-state index is 12.6. The van der Waals surface area contributed by atoms with E-state index < -0.39 is 11.7 Å². The van der Waals surface area contributed by atoms with Crippen molar-refractivity contribution < 1.29 is 13.2 Å². The van der Waals surface area contributed by atoms with Gasteiger partial charge in [0.05, 0.1) is 12.1 Å². The summed E-state index contributed by atoms with van der Waals surface area (Å²) < 4.78 is 39.4. The Morgan fingerprint density at radius 1 is 1.32 bits per heavy atom. The molecular formula is C11H12F3N5. The lowest BCUT2D eigenvalue weighted by atomic mass is 10.2. The summed E-state index contributed by atoms with van der Waals surface area (Å²) >= 11 is 0. The molecular weight excluding hydrogens is 259 g/mol. The highest BCUT2D eigenvalue weighted by atomic mass is 19.4. The molecule has 0 radical (unpaired) electrons. The van der Waals surface area contributed by atoms with Gasteiger partial charge in [-0.2, -0.15) is 18.3 Å². The summed E-state index contributed by atoms with van der Waals surface area (Å²) in [5.41, 5.74) is 4.54. The lowest BCUT2D eigenvalue weighted by molar-refractivity contribution is -0.137. The highest BCUT2D eigenvalue weighted by Crippen LogP contribution is 2.31. The van der Waals surface area contributed by atoms with Gasteiger partial charge in [0.1, 0.15) is 11.6 Å². The first-order valence-electron chi connectivity index (χ1n) is 5.51. The molecule has 0 unspecified atom stereocenters. The van der Waals surface area contributed by atoms with Crippen LogP contribution in [0.5, 0.6) is 0 Å². The van der Waals surface area contributed by atoms with E-state index in [0.29, 0.717) is 13.1 Å². The predicted molar refractivity (Wildman–Crippen MR) is 64.4 cm³/mol.